The molecule has 1 aromatic heterocycles. The average molecular weight is 291 g/mol. The Hall–Kier alpha value is -2.28. The second-order valence-corrected chi connectivity index (χ2v) is 5.18. The molecular formula is C13H13N3O3S. The van der Waals surface area contributed by atoms with Crippen LogP contribution in [0.1, 0.15) is 12.1 Å². The van der Waals surface area contributed by atoms with Crippen LogP contribution in [0, 0.1) is 0 Å². The van der Waals surface area contributed by atoms with E-state index in [-0.39, 0.29) is 12.7 Å². The van der Waals surface area contributed by atoms with E-state index in [1.54, 1.807) is 18.2 Å². The summed E-state index contributed by atoms with van der Waals surface area (Å²) in [5.41, 5.74) is 7.07. The number of fused-ring (bicyclic) bond motifs is 1. The third-order valence-electron chi connectivity index (χ3n) is 2.83. The lowest BCUT2D eigenvalue weighted by Gasteiger charge is -2.05. The molecule has 0 atom stereocenters. The molecule has 0 bridgehead atoms. The van der Waals surface area contributed by atoms with Gasteiger partial charge < -0.3 is 20.5 Å². The van der Waals surface area contributed by atoms with Gasteiger partial charge in [0.05, 0.1) is 5.69 Å². The van der Waals surface area contributed by atoms with Crippen LogP contribution in [0.3, 0.4) is 0 Å². The maximum atomic E-state index is 11.9. The Bertz CT molecular complexity index is 642. The average Bonchev–Trinajstić information content (AvgIpc) is 3.04. The summed E-state index contributed by atoms with van der Waals surface area (Å²) in [6, 6.07) is 5.31. The Morgan fingerprint density at radius 1 is 1.40 bits per heavy atom. The first-order valence-electron chi connectivity index (χ1n) is 6.10. The molecule has 3 rings (SSSR count). The number of nitrogen functional groups attached to an aromatic ring is 1. The molecule has 0 aliphatic carbocycles. The van der Waals surface area contributed by atoms with E-state index < -0.39 is 0 Å². The van der Waals surface area contributed by atoms with Gasteiger partial charge in [0.1, 0.15) is 0 Å². The largest absolute Gasteiger partial charge is 0.454 e. The van der Waals surface area contributed by atoms with E-state index >= 15 is 0 Å². The van der Waals surface area contributed by atoms with E-state index in [0.717, 1.165) is 5.69 Å². The highest BCUT2D eigenvalue weighted by Crippen LogP contribution is 2.34. The van der Waals surface area contributed by atoms with Crippen molar-refractivity contribution in [2.24, 2.45) is 0 Å². The lowest BCUT2D eigenvalue weighted by atomic mass is 10.2. The number of nitrogens with two attached hydrogens (primary N) is 1. The van der Waals surface area contributed by atoms with Crippen molar-refractivity contribution < 1.29 is 14.3 Å². The summed E-state index contributed by atoms with van der Waals surface area (Å²) < 4.78 is 10.5. The molecule has 104 valence electrons. The number of nitrogens with one attached hydrogen (secondary N) is 1. The highest BCUT2D eigenvalue weighted by molar-refractivity contribution is 7.13. The summed E-state index contributed by atoms with van der Waals surface area (Å²) in [7, 11) is 0. The van der Waals surface area contributed by atoms with Gasteiger partial charge in [-0.3, -0.25) is 4.79 Å². The highest BCUT2D eigenvalue weighted by Gasteiger charge is 2.14. The summed E-state index contributed by atoms with van der Waals surface area (Å²) >= 11 is 1.38. The number of hydrogen-bond acceptors (Lipinski definition) is 6. The summed E-state index contributed by atoms with van der Waals surface area (Å²) in [6.45, 7) is 0.220. The van der Waals surface area contributed by atoms with Crippen LogP contribution in [-0.2, 0) is 11.2 Å². The van der Waals surface area contributed by atoms with Crippen LogP contribution in [0.4, 0.5) is 10.8 Å². The summed E-state index contributed by atoms with van der Waals surface area (Å²) in [4.78, 5) is 16.0. The Morgan fingerprint density at radius 3 is 3.05 bits per heavy atom. The van der Waals surface area contributed by atoms with Crippen LogP contribution in [0.15, 0.2) is 23.6 Å². The normalized spacial score (nSPS) is 12.4. The van der Waals surface area contributed by atoms with Gasteiger partial charge in [0.2, 0.25) is 12.7 Å². The third-order valence-corrected chi connectivity index (χ3v) is 3.56. The van der Waals surface area contributed by atoms with E-state index in [1.807, 2.05) is 5.38 Å². The van der Waals surface area contributed by atoms with Crippen molar-refractivity contribution in [3.05, 3.63) is 29.3 Å². The number of carbonyl (C=O) groups excluding carboxylic acids is 1. The van der Waals surface area contributed by atoms with Gasteiger partial charge in [0.25, 0.3) is 0 Å². The second-order valence-electron chi connectivity index (χ2n) is 4.29. The fourth-order valence-corrected chi connectivity index (χ4v) is 2.47. The molecule has 1 amide bonds. The van der Waals surface area contributed by atoms with Gasteiger partial charge in [0.15, 0.2) is 16.6 Å². The van der Waals surface area contributed by atoms with Crippen molar-refractivity contribution >= 4 is 28.1 Å². The number of rotatable bonds is 4. The number of amides is 1. The van der Waals surface area contributed by atoms with Gasteiger partial charge in [-0.25, -0.2) is 4.98 Å². The molecule has 7 heteroatoms. The third kappa shape index (κ3) is 2.83. The zero-order chi connectivity index (χ0) is 13.9. The Balaban J connectivity index is 1.56. The van der Waals surface area contributed by atoms with Crippen molar-refractivity contribution in [3.8, 4) is 11.5 Å². The van der Waals surface area contributed by atoms with Crippen LogP contribution >= 0.6 is 11.3 Å². The molecule has 0 saturated carbocycles. The van der Waals surface area contributed by atoms with Crippen molar-refractivity contribution in [1.82, 2.24) is 4.98 Å². The number of benzene rings is 1. The minimum atomic E-state index is -0.0737. The molecule has 3 N–H and O–H groups in total. The van der Waals surface area contributed by atoms with Gasteiger partial charge in [-0.15, -0.1) is 11.3 Å². The molecular weight excluding hydrogens is 278 g/mol. The Morgan fingerprint density at radius 2 is 2.25 bits per heavy atom. The predicted molar refractivity (Wildman–Crippen MR) is 76.0 cm³/mol. The van der Waals surface area contributed by atoms with Gasteiger partial charge >= 0.3 is 0 Å². The molecule has 20 heavy (non-hydrogen) atoms. The van der Waals surface area contributed by atoms with Gasteiger partial charge in [-0.05, 0) is 18.6 Å². The molecule has 2 aromatic rings. The lowest BCUT2D eigenvalue weighted by molar-refractivity contribution is -0.116. The lowest BCUT2D eigenvalue weighted by Crippen LogP contribution is -2.12. The molecule has 1 aliphatic heterocycles. The van der Waals surface area contributed by atoms with E-state index in [4.69, 9.17) is 15.2 Å². The molecule has 1 aliphatic rings. The smallest absolute Gasteiger partial charge is 0.231 e. The van der Waals surface area contributed by atoms with Crippen LogP contribution < -0.4 is 20.5 Å². The standard InChI is InChI=1S/C13H13N3O3S/c14-13-16-9(6-20-13)2-4-12(17)15-8-1-3-10-11(5-8)19-7-18-10/h1,3,5-6H,2,4,7H2,(H2,14,16)(H,15,17). The fourth-order valence-electron chi connectivity index (χ4n) is 1.88. The highest BCUT2D eigenvalue weighted by atomic mass is 32.1. The number of hydrogen-bond donors (Lipinski definition) is 2. The number of nitrogens with zero attached hydrogens (tertiary/aromatic N) is 1. The van der Waals surface area contributed by atoms with Crippen molar-refractivity contribution in [1.29, 1.82) is 0 Å². The Kier molecular flexibility index (Phi) is 3.42. The van der Waals surface area contributed by atoms with Crippen LogP contribution in [-0.4, -0.2) is 17.7 Å². The molecule has 1 aromatic carbocycles. The minimum Gasteiger partial charge on any atom is -0.454 e. The number of anilines is 2. The molecule has 0 fully saturated rings. The van der Waals surface area contributed by atoms with E-state index in [9.17, 15) is 4.79 Å². The number of carbonyl (C=O) groups is 1. The van der Waals surface area contributed by atoms with Crippen LogP contribution in [0.5, 0.6) is 11.5 Å². The monoisotopic (exact) mass is 291 g/mol. The quantitative estimate of drug-likeness (QED) is 0.900. The van der Waals surface area contributed by atoms with Gasteiger partial charge in [-0.1, -0.05) is 0 Å². The first-order chi connectivity index (χ1) is 9.70. The van der Waals surface area contributed by atoms with E-state index in [2.05, 4.69) is 10.3 Å². The molecule has 0 unspecified atom stereocenters. The van der Waals surface area contributed by atoms with Crippen LogP contribution in [0.25, 0.3) is 0 Å². The maximum Gasteiger partial charge on any atom is 0.231 e. The summed E-state index contributed by atoms with van der Waals surface area (Å²) in [5, 5.41) is 5.21. The minimum absolute atomic E-state index is 0.0737. The molecule has 6 nitrogen and oxygen atoms in total. The second kappa shape index (κ2) is 5.38. The number of thiazole rings is 1. The van der Waals surface area contributed by atoms with Gasteiger partial charge in [0, 0.05) is 23.6 Å². The fraction of sp³-hybridized carbons (Fsp3) is 0.231. The SMILES string of the molecule is Nc1nc(CCC(=O)Nc2ccc3c(c2)OCO3)cs1. The van der Waals surface area contributed by atoms with Crippen molar-refractivity contribution in [2.45, 2.75) is 12.8 Å². The number of aryl methyl sites for hydroxylation is 1. The number of ether oxygens (including phenoxy) is 2. The van der Waals surface area contributed by atoms with Gasteiger partial charge in [-0.2, -0.15) is 0 Å². The Labute approximate surface area is 119 Å². The number of aromatic nitrogens is 1. The predicted octanol–water partition coefficient (Wildman–Crippen LogP) is 2.03. The topological polar surface area (TPSA) is 86.5 Å². The first kappa shape index (κ1) is 12.7. The first-order valence-corrected chi connectivity index (χ1v) is 6.98. The summed E-state index contributed by atoms with van der Waals surface area (Å²) in [5.74, 6) is 1.27. The molecule has 2 heterocycles. The van der Waals surface area contributed by atoms with Crippen molar-refractivity contribution in [2.75, 3.05) is 17.8 Å². The molecule has 0 saturated heterocycles. The van der Waals surface area contributed by atoms with E-state index in [1.165, 1.54) is 11.3 Å². The zero-order valence-electron chi connectivity index (χ0n) is 10.6. The molecule has 0 spiro atoms. The maximum absolute atomic E-state index is 11.9. The zero-order valence-corrected chi connectivity index (χ0v) is 11.4. The van der Waals surface area contributed by atoms with Crippen LogP contribution in [0.2, 0.25) is 0 Å². The van der Waals surface area contributed by atoms with E-state index in [0.29, 0.717) is 35.2 Å². The summed E-state index contributed by atoms with van der Waals surface area (Å²) in [6.07, 6.45) is 0.932. The molecule has 0 radical (unpaired) electrons. The van der Waals surface area contributed by atoms with Crippen molar-refractivity contribution in [3.63, 3.8) is 0 Å².